The second-order valence-corrected chi connectivity index (χ2v) is 6.78. The van der Waals surface area contributed by atoms with Crippen molar-refractivity contribution in [3.8, 4) is 0 Å². The van der Waals surface area contributed by atoms with Crippen LogP contribution in [0.4, 0.5) is 0 Å². The fraction of sp³-hybridized carbons (Fsp3) is 0.286. The van der Waals surface area contributed by atoms with E-state index in [1.54, 1.807) is 0 Å². The van der Waals surface area contributed by atoms with Gasteiger partial charge in [0.2, 0.25) is 0 Å². The van der Waals surface area contributed by atoms with Crippen molar-refractivity contribution in [2.75, 3.05) is 13.1 Å². The van der Waals surface area contributed by atoms with Crippen LogP contribution in [0.1, 0.15) is 41.0 Å². The van der Waals surface area contributed by atoms with E-state index in [-0.39, 0.29) is 18.4 Å². The van der Waals surface area contributed by atoms with Gasteiger partial charge in [-0.15, -0.1) is 12.4 Å². The molecule has 0 aromatic heterocycles. The van der Waals surface area contributed by atoms with Gasteiger partial charge in [-0.2, -0.15) is 0 Å². The summed E-state index contributed by atoms with van der Waals surface area (Å²) in [5.74, 6) is 1.21. The van der Waals surface area contributed by atoms with Gasteiger partial charge in [-0.05, 0) is 41.0 Å². The lowest BCUT2D eigenvalue weighted by atomic mass is 9.74. The van der Waals surface area contributed by atoms with Crippen molar-refractivity contribution in [1.29, 1.82) is 5.41 Å². The summed E-state index contributed by atoms with van der Waals surface area (Å²) < 4.78 is 0. The summed E-state index contributed by atoms with van der Waals surface area (Å²) in [6, 6.07) is 17.5. The molecule has 0 spiro atoms. The Balaban J connectivity index is 0.00000182. The Bertz CT molecular complexity index is 742. The van der Waals surface area contributed by atoms with Crippen LogP contribution in [0, 0.1) is 11.3 Å². The topological polar surface area (TPSA) is 53.1 Å². The summed E-state index contributed by atoms with van der Waals surface area (Å²) in [6.07, 6.45) is 6.65. The van der Waals surface area contributed by atoms with Gasteiger partial charge in [0.05, 0.1) is 0 Å². The van der Waals surface area contributed by atoms with Gasteiger partial charge in [-0.1, -0.05) is 60.7 Å². The number of rotatable bonds is 1. The van der Waals surface area contributed by atoms with Crippen molar-refractivity contribution in [3.05, 3.63) is 70.8 Å². The van der Waals surface area contributed by atoms with Crippen LogP contribution >= 0.6 is 12.4 Å². The Hall–Kier alpha value is -2.26. The number of guanidine groups is 1. The van der Waals surface area contributed by atoms with Gasteiger partial charge in [-0.3, -0.25) is 5.41 Å². The van der Waals surface area contributed by atoms with E-state index in [1.165, 1.54) is 22.3 Å². The molecule has 3 N–H and O–H groups in total. The summed E-state index contributed by atoms with van der Waals surface area (Å²) in [5.41, 5.74) is 11.2. The first-order chi connectivity index (χ1) is 11.7. The number of likely N-dealkylation sites (tertiary alicyclic amines) is 1. The SMILES string of the molecule is Cl.N=C(N)N1CCC(C2c3ccccc3C=Cc3ccccc32)CC1. The lowest BCUT2D eigenvalue weighted by Gasteiger charge is -2.37. The molecule has 0 atom stereocenters. The van der Waals surface area contributed by atoms with Gasteiger partial charge in [-0.25, -0.2) is 0 Å². The molecule has 4 rings (SSSR count). The van der Waals surface area contributed by atoms with Crippen molar-refractivity contribution < 1.29 is 0 Å². The Morgan fingerprint density at radius 1 is 0.880 bits per heavy atom. The van der Waals surface area contributed by atoms with Gasteiger partial charge < -0.3 is 10.6 Å². The Morgan fingerprint density at radius 2 is 1.36 bits per heavy atom. The van der Waals surface area contributed by atoms with Crippen LogP contribution in [0.25, 0.3) is 12.2 Å². The van der Waals surface area contributed by atoms with E-state index in [1.807, 2.05) is 4.90 Å². The van der Waals surface area contributed by atoms with E-state index in [2.05, 4.69) is 60.7 Å². The van der Waals surface area contributed by atoms with Gasteiger partial charge >= 0.3 is 0 Å². The zero-order valence-corrected chi connectivity index (χ0v) is 15.0. The average molecular weight is 354 g/mol. The van der Waals surface area contributed by atoms with Crippen LogP contribution < -0.4 is 5.73 Å². The number of nitrogens with two attached hydrogens (primary N) is 1. The molecule has 25 heavy (non-hydrogen) atoms. The summed E-state index contributed by atoms with van der Waals surface area (Å²) in [4.78, 5) is 1.99. The minimum atomic E-state index is 0. The predicted molar refractivity (Wildman–Crippen MR) is 107 cm³/mol. The quantitative estimate of drug-likeness (QED) is 0.592. The first-order valence-corrected chi connectivity index (χ1v) is 8.69. The highest BCUT2D eigenvalue weighted by Crippen LogP contribution is 2.42. The highest BCUT2D eigenvalue weighted by atomic mass is 35.5. The molecule has 0 amide bonds. The summed E-state index contributed by atoms with van der Waals surface area (Å²) in [7, 11) is 0. The van der Waals surface area contributed by atoms with Crippen molar-refractivity contribution in [2.45, 2.75) is 18.8 Å². The zero-order valence-electron chi connectivity index (χ0n) is 14.2. The lowest BCUT2D eigenvalue weighted by Crippen LogP contribution is -2.43. The van der Waals surface area contributed by atoms with Gasteiger partial charge in [0.1, 0.15) is 0 Å². The number of benzene rings is 2. The minimum absolute atomic E-state index is 0. The van der Waals surface area contributed by atoms with Crippen LogP contribution in [0.5, 0.6) is 0 Å². The fourth-order valence-corrected chi connectivity index (χ4v) is 4.22. The van der Waals surface area contributed by atoms with Gasteiger partial charge in [0.25, 0.3) is 0 Å². The van der Waals surface area contributed by atoms with Crippen molar-refractivity contribution in [2.24, 2.45) is 11.7 Å². The molecule has 1 heterocycles. The molecule has 4 heteroatoms. The van der Waals surface area contributed by atoms with E-state index in [0.29, 0.717) is 11.8 Å². The van der Waals surface area contributed by atoms with Crippen LogP contribution in [0.2, 0.25) is 0 Å². The zero-order chi connectivity index (χ0) is 16.5. The largest absolute Gasteiger partial charge is 0.370 e. The normalized spacial score (nSPS) is 17.2. The molecule has 0 saturated carbocycles. The number of halogens is 1. The number of nitrogens with one attached hydrogen (secondary N) is 1. The van der Waals surface area contributed by atoms with E-state index in [9.17, 15) is 0 Å². The van der Waals surface area contributed by atoms with Crippen molar-refractivity contribution in [3.63, 3.8) is 0 Å². The molecule has 1 saturated heterocycles. The fourth-order valence-electron chi connectivity index (χ4n) is 4.22. The highest BCUT2D eigenvalue weighted by molar-refractivity contribution is 5.85. The summed E-state index contributed by atoms with van der Waals surface area (Å²) in [6.45, 7) is 1.77. The number of piperidine rings is 1. The number of hydrogen-bond acceptors (Lipinski definition) is 1. The molecule has 1 aliphatic heterocycles. The second-order valence-electron chi connectivity index (χ2n) is 6.78. The Labute approximate surface area is 155 Å². The number of hydrogen-bond donors (Lipinski definition) is 2. The molecular weight excluding hydrogens is 330 g/mol. The smallest absolute Gasteiger partial charge is 0.188 e. The molecule has 2 aromatic carbocycles. The molecule has 0 unspecified atom stereocenters. The van der Waals surface area contributed by atoms with E-state index in [0.717, 1.165) is 25.9 Å². The Kier molecular flexibility index (Phi) is 5.14. The second kappa shape index (κ2) is 7.32. The van der Waals surface area contributed by atoms with Crippen molar-refractivity contribution in [1.82, 2.24) is 4.90 Å². The first kappa shape index (κ1) is 17.6. The maximum Gasteiger partial charge on any atom is 0.188 e. The maximum atomic E-state index is 7.66. The Morgan fingerprint density at radius 3 is 1.84 bits per heavy atom. The van der Waals surface area contributed by atoms with E-state index in [4.69, 9.17) is 11.1 Å². The lowest BCUT2D eigenvalue weighted by molar-refractivity contribution is 0.246. The first-order valence-electron chi connectivity index (χ1n) is 8.69. The molecule has 130 valence electrons. The van der Waals surface area contributed by atoms with E-state index >= 15 is 0 Å². The number of nitrogens with zero attached hydrogens (tertiary/aromatic N) is 1. The van der Waals surface area contributed by atoms with Gasteiger partial charge in [0.15, 0.2) is 5.96 Å². The predicted octanol–water partition coefficient (Wildman–Crippen LogP) is 4.33. The molecular formula is C21H24ClN3. The molecule has 3 nitrogen and oxygen atoms in total. The summed E-state index contributed by atoms with van der Waals surface area (Å²) >= 11 is 0. The highest BCUT2D eigenvalue weighted by Gasteiger charge is 2.32. The van der Waals surface area contributed by atoms with E-state index < -0.39 is 0 Å². The van der Waals surface area contributed by atoms with Crippen LogP contribution in [0.15, 0.2) is 48.5 Å². The molecule has 0 bridgehead atoms. The maximum absolute atomic E-state index is 7.66. The third-order valence-electron chi connectivity index (χ3n) is 5.46. The molecule has 2 aromatic rings. The third kappa shape index (κ3) is 3.29. The summed E-state index contributed by atoms with van der Waals surface area (Å²) in [5, 5.41) is 7.66. The number of fused-ring (bicyclic) bond motifs is 2. The third-order valence-corrected chi connectivity index (χ3v) is 5.46. The van der Waals surface area contributed by atoms with Crippen LogP contribution in [0.3, 0.4) is 0 Å². The van der Waals surface area contributed by atoms with Crippen LogP contribution in [-0.4, -0.2) is 23.9 Å². The molecule has 1 fully saturated rings. The standard InChI is InChI=1S/C21H23N3.ClH/c22-21(23)24-13-11-17(12-14-24)20-18-7-3-1-5-15(18)9-10-16-6-2-4-8-19(16)20;/h1-10,17,20H,11-14H2,(H3,22,23);1H. The average Bonchev–Trinajstić information content (AvgIpc) is 2.79. The minimum Gasteiger partial charge on any atom is -0.370 e. The molecule has 1 aliphatic carbocycles. The van der Waals surface area contributed by atoms with Crippen LogP contribution in [-0.2, 0) is 0 Å². The molecule has 2 aliphatic rings. The van der Waals surface area contributed by atoms with Gasteiger partial charge in [0, 0.05) is 19.0 Å². The monoisotopic (exact) mass is 353 g/mol. The van der Waals surface area contributed by atoms with Crippen molar-refractivity contribution >= 4 is 30.5 Å². The molecule has 0 radical (unpaired) electrons.